The average molecular weight is 212 g/mol. The van der Waals surface area contributed by atoms with Crippen LogP contribution in [0, 0.1) is 0 Å². The van der Waals surface area contributed by atoms with Gasteiger partial charge in [0, 0.05) is 18.5 Å². The van der Waals surface area contributed by atoms with E-state index in [0.717, 1.165) is 19.1 Å². The highest BCUT2D eigenvalue weighted by atomic mass is 16.1. The van der Waals surface area contributed by atoms with Gasteiger partial charge in [0.25, 0.3) is 0 Å². The first-order valence-electron chi connectivity index (χ1n) is 5.90. The van der Waals surface area contributed by atoms with Crippen molar-refractivity contribution in [2.75, 3.05) is 27.2 Å². The Balaban J connectivity index is 2.33. The van der Waals surface area contributed by atoms with Gasteiger partial charge in [-0.2, -0.15) is 0 Å². The maximum absolute atomic E-state index is 11.0. The molecule has 1 aliphatic heterocycles. The Morgan fingerprint density at radius 3 is 2.33 bits per heavy atom. The molecule has 1 aliphatic rings. The van der Waals surface area contributed by atoms with E-state index in [1.54, 1.807) is 6.92 Å². The number of hydrogen-bond donors (Lipinski definition) is 0. The summed E-state index contributed by atoms with van der Waals surface area (Å²) < 4.78 is 0. The van der Waals surface area contributed by atoms with Crippen molar-refractivity contribution in [3.05, 3.63) is 0 Å². The molecule has 15 heavy (non-hydrogen) atoms. The normalized spacial score (nSPS) is 21.9. The summed E-state index contributed by atoms with van der Waals surface area (Å²) in [5.41, 5.74) is 0. The van der Waals surface area contributed by atoms with Crippen molar-refractivity contribution in [1.82, 2.24) is 9.80 Å². The molecule has 3 heteroatoms. The first kappa shape index (κ1) is 12.7. The molecule has 0 N–H and O–H groups in total. The molecule has 88 valence electrons. The number of ketones is 1. The highest BCUT2D eigenvalue weighted by Gasteiger charge is 2.23. The molecule has 0 radical (unpaired) electrons. The summed E-state index contributed by atoms with van der Waals surface area (Å²) in [5.74, 6) is 0.303. The Bertz CT molecular complexity index is 208. The van der Waals surface area contributed by atoms with Crippen molar-refractivity contribution >= 4 is 5.78 Å². The minimum atomic E-state index is 0.303. The molecule has 1 unspecified atom stereocenters. The summed E-state index contributed by atoms with van der Waals surface area (Å²) in [6.07, 6.45) is 3.16. The Morgan fingerprint density at radius 2 is 1.93 bits per heavy atom. The van der Waals surface area contributed by atoms with E-state index in [-0.39, 0.29) is 0 Å². The second-order valence-electron chi connectivity index (χ2n) is 4.99. The third-order valence-corrected chi connectivity index (χ3v) is 3.44. The first-order valence-corrected chi connectivity index (χ1v) is 5.90. The van der Waals surface area contributed by atoms with Gasteiger partial charge in [0.2, 0.25) is 0 Å². The lowest BCUT2D eigenvalue weighted by Gasteiger charge is -2.38. The van der Waals surface area contributed by atoms with Crippen molar-refractivity contribution in [1.29, 1.82) is 0 Å². The van der Waals surface area contributed by atoms with E-state index in [1.165, 1.54) is 12.8 Å². The van der Waals surface area contributed by atoms with Gasteiger partial charge in [-0.25, -0.2) is 0 Å². The molecule has 1 rings (SSSR count). The molecule has 0 aromatic rings. The maximum Gasteiger partial charge on any atom is 0.131 e. The zero-order valence-corrected chi connectivity index (χ0v) is 10.5. The molecule has 0 aliphatic carbocycles. The maximum atomic E-state index is 11.0. The Labute approximate surface area is 93.4 Å². The summed E-state index contributed by atoms with van der Waals surface area (Å²) in [5, 5.41) is 0. The smallest absolute Gasteiger partial charge is 0.131 e. The number of carbonyl (C=O) groups excluding carboxylic acids is 1. The lowest BCUT2D eigenvalue weighted by molar-refractivity contribution is -0.118. The highest BCUT2D eigenvalue weighted by Crippen LogP contribution is 2.17. The molecule has 0 aromatic heterocycles. The standard InChI is InChI=1S/C12H24N2O/c1-10(9-11(2)15)14-7-5-12(6-8-14)13(3)4/h10,12H,5-9H2,1-4H3. The second kappa shape index (κ2) is 5.61. The van der Waals surface area contributed by atoms with Crippen LogP contribution in [0.5, 0.6) is 0 Å². The van der Waals surface area contributed by atoms with Crippen LogP contribution in [0.15, 0.2) is 0 Å². The predicted octanol–water partition coefficient (Wildman–Crippen LogP) is 1.38. The summed E-state index contributed by atoms with van der Waals surface area (Å²) in [7, 11) is 4.30. The van der Waals surface area contributed by atoms with E-state index in [0.29, 0.717) is 18.2 Å². The fraction of sp³-hybridized carbons (Fsp3) is 0.917. The molecule has 1 heterocycles. The fourth-order valence-electron chi connectivity index (χ4n) is 2.39. The summed E-state index contributed by atoms with van der Waals surface area (Å²) in [6.45, 7) is 6.12. The molecule has 0 amide bonds. The van der Waals surface area contributed by atoms with E-state index in [4.69, 9.17) is 0 Å². The summed E-state index contributed by atoms with van der Waals surface area (Å²) >= 11 is 0. The molecular weight excluding hydrogens is 188 g/mol. The predicted molar refractivity (Wildman–Crippen MR) is 63.0 cm³/mol. The van der Waals surface area contributed by atoms with Gasteiger partial charge in [0.1, 0.15) is 5.78 Å². The number of hydrogen-bond acceptors (Lipinski definition) is 3. The van der Waals surface area contributed by atoms with Crippen molar-refractivity contribution in [3.8, 4) is 0 Å². The zero-order chi connectivity index (χ0) is 11.4. The number of carbonyl (C=O) groups is 1. The van der Waals surface area contributed by atoms with Crippen LogP contribution in [0.25, 0.3) is 0 Å². The van der Waals surface area contributed by atoms with Gasteiger partial charge in [-0.05, 0) is 53.9 Å². The second-order valence-corrected chi connectivity index (χ2v) is 4.99. The Hall–Kier alpha value is -0.410. The molecule has 0 bridgehead atoms. The molecule has 0 aromatic carbocycles. The van der Waals surface area contributed by atoms with Crippen LogP contribution in [0.3, 0.4) is 0 Å². The van der Waals surface area contributed by atoms with Crippen molar-refractivity contribution in [2.45, 2.75) is 45.2 Å². The van der Waals surface area contributed by atoms with E-state index in [9.17, 15) is 4.79 Å². The van der Waals surface area contributed by atoms with Gasteiger partial charge in [-0.3, -0.25) is 4.79 Å². The molecule has 0 spiro atoms. The van der Waals surface area contributed by atoms with Crippen LogP contribution in [-0.2, 0) is 4.79 Å². The number of likely N-dealkylation sites (tertiary alicyclic amines) is 1. The topological polar surface area (TPSA) is 23.6 Å². The molecule has 1 atom stereocenters. The molecular formula is C12H24N2O. The van der Waals surface area contributed by atoms with Gasteiger partial charge in [-0.15, -0.1) is 0 Å². The summed E-state index contributed by atoms with van der Waals surface area (Å²) in [4.78, 5) is 15.8. The molecule has 1 saturated heterocycles. The van der Waals surface area contributed by atoms with Crippen molar-refractivity contribution < 1.29 is 4.79 Å². The third-order valence-electron chi connectivity index (χ3n) is 3.44. The Kier molecular flexibility index (Phi) is 4.74. The van der Waals surface area contributed by atoms with Crippen molar-refractivity contribution in [3.63, 3.8) is 0 Å². The van der Waals surface area contributed by atoms with Gasteiger partial charge < -0.3 is 9.80 Å². The van der Waals surface area contributed by atoms with Gasteiger partial charge in [0.05, 0.1) is 0 Å². The zero-order valence-electron chi connectivity index (χ0n) is 10.5. The number of nitrogens with zero attached hydrogens (tertiary/aromatic N) is 2. The van der Waals surface area contributed by atoms with Gasteiger partial charge >= 0.3 is 0 Å². The van der Waals surface area contributed by atoms with E-state index < -0.39 is 0 Å². The third kappa shape index (κ3) is 3.92. The SMILES string of the molecule is CC(=O)CC(C)N1CCC(N(C)C)CC1. The lowest BCUT2D eigenvalue weighted by Crippen LogP contribution is -2.45. The monoisotopic (exact) mass is 212 g/mol. The molecule has 3 nitrogen and oxygen atoms in total. The number of piperidine rings is 1. The van der Waals surface area contributed by atoms with Crippen LogP contribution in [0.2, 0.25) is 0 Å². The molecule has 0 saturated carbocycles. The van der Waals surface area contributed by atoms with E-state index in [2.05, 4.69) is 30.8 Å². The quantitative estimate of drug-likeness (QED) is 0.703. The largest absolute Gasteiger partial charge is 0.306 e. The minimum Gasteiger partial charge on any atom is -0.306 e. The molecule has 1 fully saturated rings. The van der Waals surface area contributed by atoms with Crippen LogP contribution in [0.4, 0.5) is 0 Å². The van der Waals surface area contributed by atoms with Crippen LogP contribution < -0.4 is 0 Å². The fourth-order valence-corrected chi connectivity index (χ4v) is 2.39. The summed E-state index contributed by atoms with van der Waals surface area (Å²) in [6, 6.07) is 1.15. The number of rotatable bonds is 4. The number of Topliss-reactive ketones (excluding diaryl/α,β-unsaturated/α-hetero) is 1. The van der Waals surface area contributed by atoms with Crippen LogP contribution in [0.1, 0.15) is 33.1 Å². The van der Waals surface area contributed by atoms with Crippen molar-refractivity contribution in [2.24, 2.45) is 0 Å². The lowest BCUT2D eigenvalue weighted by atomic mass is 10.0. The average Bonchev–Trinajstić information content (AvgIpc) is 2.17. The van der Waals surface area contributed by atoms with Crippen LogP contribution in [-0.4, -0.2) is 54.9 Å². The van der Waals surface area contributed by atoms with Crippen LogP contribution >= 0.6 is 0 Å². The van der Waals surface area contributed by atoms with Gasteiger partial charge in [-0.1, -0.05) is 0 Å². The van der Waals surface area contributed by atoms with E-state index in [1.807, 2.05) is 0 Å². The Morgan fingerprint density at radius 1 is 1.40 bits per heavy atom. The van der Waals surface area contributed by atoms with Gasteiger partial charge in [0.15, 0.2) is 0 Å². The first-order chi connectivity index (χ1) is 7.00. The highest BCUT2D eigenvalue weighted by molar-refractivity contribution is 5.76. The van der Waals surface area contributed by atoms with E-state index >= 15 is 0 Å². The minimum absolute atomic E-state index is 0.303.